The van der Waals surface area contributed by atoms with Gasteiger partial charge >= 0.3 is 0 Å². The summed E-state index contributed by atoms with van der Waals surface area (Å²) in [6.45, 7) is 8.19. The van der Waals surface area contributed by atoms with Gasteiger partial charge in [0.2, 0.25) is 0 Å². The van der Waals surface area contributed by atoms with Crippen LogP contribution in [0.15, 0.2) is 24.3 Å². The van der Waals surface area contributed by atoms with Crippen LogP contribution in [0.4, 0.5) is 0 Å². The van der Waals surface area contributed by atoms with E-state index < -0.39 is 0 Å². The van der Waals surface area contributed by atoms with Crippen LogP contribution in [0.2, 0.25) is 0 Å². The maximum Gasteiger partial charge on any atom is 0.0104 e. The Labute approximate surface area is 118 Å². The Morgan fingerprint density at radius 2 is 2.16 bits per heavy atom. The van der Waals surface area contributed by atoms with Gasteiger partial charge in [0.05, 0.1) is 0 Å². The van der Waals surface area contributed by atoms with Crippen LogP contribution in [0.3, 0.4) is 0 Å². The molecule has 0 radical (unpaired) electrons. The van der Waals surface area contributed by atoms with Crippen LogP contribution >= 0.6 is 0 Å². The molecule has 2 nitrogen and oxygen atoms in total. The van der Waals surface area contributed by atoms with Gasteiger partial charge in [0.25, 0.3) is 0 Å². The highest BCUT2D eigenvalue weighted by molar-refractivity contribution is 5.26. The summed E-state index contributed by atoms with van der Waals surface area (Å²) in [7, 11) is 2.28. The number of benzene rings is 1. The van der Waals surface area contributed by atoms with Gasteiger partial charge in [0.15, 0.2) is 0 Å². The largest absolute Gasteiger partial charge is 0.316 e. The molecule has 1 heterocycles. The Morgan fingerprint density at radius 1 is 1.37 bits per heavy atom. The zero-order valence-electron chi connectivity index (χ0n) is 12.7. The molecular formula is C17H28N2. The number of likely N-dealkylation sites (N-methyl/N-ethyl adjacent to an activating group) is 1. The van der Waals surface area contributed by atoms with Crippen molar-refractivity contribution in [3.63, 3.8) is 0 Å². The molecule has 1 aliphatic rings. The number of hydrogen-bond acceptors (Lipinski definition) is 2. The van der Waals surface area contributed by atoms with Gasteiger partial charge in [0, 0.05) is 12.6 Å². The number of rotatable bonds is 5. The van der Waals surface area contributed by atoms with E-state index in [1.54, 1.807) is 0 Å². The SMILES string of the molecule is Cc1ccccc1CC(C)N(C)CC1CCCNC1. The summed E-state index contributed by atoms with van der Waals surface area (Å²) in [5.74, 6) is 0.832. The van der Waals surface area contributed by atoms with Crippen molar-refractivity contribution in [2.75, 3.05) is 26.7 Å². The lowest BCUT2D eigenvalue weighted by molar-refractivity contribution is 0.197. The second-order valence-electron chi connectivity index (χ2n) is 6.13. The van der Waals surface area contributed by atoms with E-state index in [1.165, 1.54) is 43.6 Å². The molecule has 0 saturated carbocycles. The van der Waals surface area contributed by atoms with Crippen molar-refractivity contribution in [2.45, 2.75) is 39.2 Å². The zero-order valence-corrected chi connectivity index (χ0v) is 12.7. The third-order valence-electron chi connectivity index (χ3n) is 4.47. The molecule has 0 amide bonds. The van der Waals surface area contributed by atoms with Crippen LogP contribution in [0.25, 0.3) is 0 Å². The van der Waals surface area contributed by atoms with Gasteiger partial charge in [-0.25, -0.2) is 0 Å². The molecule has 0 aliphatic carbocycles. The highest BCUT2D eigenvalue weighted by Crippen LogP contribution is 2.16. The molecule has 2 heteroatoms. The van der Waals surface area contributed by atoms with Crippen LogP contribution in [-0.4, -0.2) is 37.6 Å². The Balaban J connectivity index is 1.85. The summed E-state index contributed by atoms with van der Waals surface area (Å²) < 4.78 is 0. The van der Waals surface area contributed by atoms with E-state index >= 15 is 0 Å². The van der Waals surface area contributed by atoms with Crippen molar-refractivity contribution >= 4 is 0 Å². The van der Waals surface area contributed by atoms with Gasteiger partial charge in [-0.15, -0.1) is 0 Å². The molecule has 106 valence electrons. The molecule has 1 aromatic carbocycles. The number of hydrogen-bond donors (Lipinski definition) is 1. The maximum absolute atomic E-state index is 3.51. The minimum Gasteiger partial charge on any atom is -0.316 e. The second kappa shape index (κ2) is 7.06. The topological polar surface area (TPSA) is 15.3 Å². The molecule has 1 N–H and O–H groups in total. The maximum atomic E-state index is 3.51. The molecule has 0 spiro atoms. The zero-order chi connectivity index (χ0) is 13.7. The van der Waals surface area contributed by atoms with Gasteiger partial charge < -0.3 is 10.2 Å². The van der Waals surface area contributed by atoms with Gasteiger partial charge in [-0.1, -0.05) is 24.3 Å². The Kier molecular flexibility index (Phi) is 5.41. The van der Waals surface area contributed by atoms with Gasteiger partial charge in [-0.05, 0) is 70.3 Å². The Bertz CT molecular complexity index is 383. The fourth-order valence-corrected chi connectivity index (χ4v) is 2.98. The molecule has 19 heavy (non-hydrogen) atoms. The van der Waals surface area contributed by atoms with E-state index in [0.717, 1.165) is 12.3 Å². The third kappa shape index (κ3) is 4.32. The van der Waals surface area contributed by atoms with Crippen molar-refractivity contribution in [3.05, 3.63) is 35.4 Å². The van der Waals surface area contributed by atoms with E-state index in [9.17, 15) is 0 Å². The molecule has 2 unspecified atom stereocenters. The van der Waals surface area contributed by atoms with E-state index in [0.29, 0.717) is 6.04 Å². The molecule has 1 fully saturated rings. The molecule has 1 aromatic rings. The van der Waals surface area contributed by atoms with Crippen LogP contribution in [-0.2, 0) is 6.42 Å². The Hall–Kier alpha value is -0.860. The van der Waals surface area contributed by atoms with Crippen molar-refractivity contribution in [1.82, 2.24) is 10.2 Å². The monoisotopic (exact) mass is 260 g/mol. The van der Waals surface area contributed by atoms with E-state index in [1.807, 2.05) is 0 Å². The molecule has 1 saturated heterocycles. The first-order valence-corrected chi connectivity index (χ1v) is 7.62. The predicted molar refractivity (Wildman–Crippen MR) is 82.6 cm³/mol. The van der Waals surface area contributed by atoms with E-state index in [4.69, 9.17) is 0 Å². The number of nitrogens with zero attached hydrogens (tertiary/aromatic N) is 1. The molecule has 0 bridgehead atoms. The first-order valence-electron chi connectivity index (χ1n) is 7.62. The third-order valence-corrected chi connectivity index (χ3v) is 4.47. The van der Waals surface area contributed by atoms with Crippen LogP contribution in [0.5, 0.6) is 0 Å². The van der Waals surface area contributed by atoms with Gasteiger partial charge in [-0.2, -0.15) is 0 Å². The summed E-state index contributed by atoms with van der Waals surface area (Å²) >= 11 is 0. The molecule has 0 aromatic heterocycles. The first-order chi connectivity index (χ1) is 9.16. The average molecular weight is 260 g/mol. The number of aryl methyl sites for hydroxylation is 1. The molecule has 1 aliphatic heterocycles. The lowest BCUT2D eigenvalue weighted by Gasteiger charge is -2.31. The van der Waals surface area contributed by atoms with Crippen LogP contribution in [0.1, 0.15) is 30.9 Å². The summed E-state index contributed by atoms with van der Waals surface area (Å²) in [6.07, 6.45) is 3.88. The fourth-order valence-electron chi connectivity index (χ4n) is 2.98. The summed E-state index contributed by atoms with van der Waals surface area (Å²) in [5, 5.41) is 3.51. The van der Waals surface area contributed by atoms with Gasteiger partial charge in [-0.3, -0.25) is 0 Å². The lowest BCUT2D eigenvalue weighted by atomic mass is 9.97. The molecule has 2 rings (SSSR count). The average Bonchev–Trinajstić information content (AvgIpc) is 2.42. The molecular weight excluding hydrogens is 232 g/mol. The Morgan fingerprint density at radius 3 is 2.84 bits per heavy atom. The van der Waals surface area contributed by atoms with Gasteiger partial charge in [0.1, 0.15) is 0 Å². The minimum atomic E-state index is 0.614. The van der Waals surface area contributed by atoms with E-state index in [2.05, 4.69) is 55.4 Å². The van der Waals surface area contributed by atoms with Crippen molar-refractivity contribution in [2.24, 2.45) is 5.92 Å². The fraction of sp³-hybridized carbons (Fsp3) is 0.647. The molecule has 2 atom stereocenters. The quantitative estimate of drug-likeness (QED) is 0.876. The highest BCUT2D eigenvalue weighted by atomic mass is 15.1. The van der Waals surface area contributed by atoms with Crippen molar-refractivity contribution < 1.29 is 0 Å². The number of nitrogens with one attached hydrogen (secondary N) is 1. The summed E-state index contributed by atoms with van der Waals surface area (Å²) in [4.78, 5) is 2.53. The van der Waals surface area contributed by atoms with Crippen molar-refractivity contribution in [1.29, 1.82) is 0 Å². The second-order valence-corrected chi connectivity index (χ2v) is 6.13. The predicted octanol–water partition coefficient (Wildman–Crippen LogP) is 2.86. The van der Waals surface area contributed by atoms with Crippen LogP contribution < -0.4 is 5.32 Å². The minimum absolute atomic E-state index is 0.614. The highest BCUT2D eigenvalue weighted by Gasteiger charge is 2.18. The van der Waals surface area contributed by atoms with Crippen LogP contribution in [0, 0.1) is 12.8 Å². The smallest absolute Gasteiger partial charge is 0.0104 e. The normalized spacial score (nSPS) is 21.6. The standard InChI is InChI=1S/C17H28N2/c1-14-7-4-5-9-17(14)11-15(2)19(3)13-16-8-6-10-18-12-16/h4-5,7,9,15-16,18H,6,8,10-13H2,1-3H3. The lowest BCUT2D eigenvalue weighted by Crippen LogP contribution is -2.40. The van der Waals surface area contributed by atoms with Crippen molar-refractivity contribution in [3.8, 4) is 0 Å². The summed E-state index contributed by atoms with van der Waals surface area (Å²) in [5.41, 5.74) is 2.91. The van der Waals surface area contributed by atoms with E-state index in [-0.39, 0.29) is 0 Å². The number of piperidine rings is 1. The summed E-state index contributed by atoms with van der Waals surface area (Å²) in [6, 6.07) is 9.37. The first kappa shape index (κ1) is 14.5.